The van der Waals surface area contributed by atoms with E-state index in [9.17, 15) is 44.7 Å². The van der Waals surface area contributed by atoms with Gasteiger partial charge in [0.25, 0.3) is 0 Å². The van der Waals surface area contributed by atoms with Crippen LogP contribution in [0.25, 0.3) is 10.9 Å². The van der Waals surface area contributed by atoms with E-state index >= 15 is 0 Å². The monoisotopic (exact) mass is 1150 g/mol. The fraction of sp³-hybridized carbons (Fsp3) is 0.768. The molecule has 1 aromatic carbocycles. The molecule has 6 rings (SSSR count). The fourth-order valence-electron chi connectivity index (χ4n) is 12.1. The van der Waals surface area contributed by atoms with E-state index in [0.29, 0.717) is 37.1 Å². The number of aryl methyl sites for hydroxylation is 2. The molecule has 0 bridgehead atoms. The highest BCUT2D eigenvalue weighted by atomic mass is 32.2. The van der Waals surface area contributed by atoms with Crippen LogP contribution in [0.2, 0.25) is 0 Å². The molecule has 5 heterocycles. The molecule has 0 unspecified atom stereocenters. The first-order chi connectivity index (χ1) is 37.6. The summed E-state index contributed by atoms with van der Waals surface area (Å²) in [6.07, 6.45) is -9.06. The molecule has 0 spiro atoms. The van der Waals surface area contributed by atoms with E-state index in [-0.39, 0.29) is 62.6 Å². The standard InChI is InChI=1S/C56H88N4O19S/c1-15-40-56(10,69)47(63)31(4)42(58-73-28-70-13)29(2)25-54(8,68)48(78-52-45(62)39(59(11)12)22-30(3)74-52)32(5)46(33(6)51(66)76-40)77-41-26-55(9,71-14)49(34(7)75-41)79-53(67)57-17-19-72-20-21-80-36-23-35-16-18-60-27-38(50(64)65)44(61)37(24-36)43(35)60/h23-24,27,29-34,39-41,45-49,52,62-63,68-69H,15-22,25-26,28H2,1-14H3,(H,57,67)(H,64,65)/b58-42+/t29-,30+,31+,32+,33-,34+,39-,40-,41+,45+,46+,47-,48-,49+,52-,54-,55-,56-/m1/s1. The Bertz CT molecular complexity index is 2530. The summed E-state index contributed by atoms with van der Waals surface area (Å²) >= 11 is 1.48. The Morgan fingerprint density at radius 3 is 2.33 bits per heavy atom. The maximum atomic E-state index is 14.6. The SMILES string of the molecule is CC[C@H]1OC(=O)[C@H](C)[C@@H](O[C@H]2C[C@@](C)(OC)[C@@H](OC(=O)NCCOCCSc3cc4c5c(c3)c(=O)c(C(=O)O)cn5CC4)[C@H](C)O2)[C@H](C)[C@@H](O[C@H]2O[C@@H](C)C[C@@H](N(C)C)[C@@H]2O)[C@](C)(O)C[C@@H](C)/C(=N\OCOC)[C@H](C)[C@@H](O)[C@]1(C)O. The van der Waals surface area contributed by atoms with Crippen LogP contribution < -0.4 is 10.7 Å². The first-order valence-corrected chi connectivity index (χ1v) is 28.7. The third-order valence-corrected chi connectivity index (χ3v) is 17.4. The number of thioether (sulfide) groups is 1. The van der Waals surface area contributed by atoms with Gasteiger partial charge in [-0.1, -0.05) is 32.9 Å². The molecule has 18 atom stereocenters. The number of nitrogens with zero attached hydrogens (tertiary/aromatic N) is 3. The zero-order chi connectivity index (χ0) is 59.2. The number of oxime groups is 1. The third-order valence-electron chi connectivity index (χ3n) is 16.5. The quantitative estimate of drug-likeness (QED) is 0.0376. The number of carbonyl (C=O) groups is 3. The summed E-state index contributed by atoms with van der Waals surface area (Å²) in [5.41, 5.74) is -3.81. The van der Waals surface area contributed by atoms with Gasteiger partial charge in [-0.15, -0.1) is 11.8 Å². The number of nitrogens with one attached hydrogen (secondary N) is 1. The summed E-state index contributed by atoms with van der Waals surface area (Å²) in [5.74, 6) is -5.16. The molecule has 3 fully saturated rings. The summed E-state index contributed by atoms with van der Waals surface area (Å²) < 4.78 is 57.4. The fourth-order valence-corrected chi connectivity index (χ4v) is 13.0. The number of ether oxygens (including phenoxy) is 9. The summed E-state index contributed by atoms with van der Waals surface area (Å²) in [6.45, 7) is 17.7. The number of hydrogen-bond acceptors (Lipinski definition) is 21. The lowest BCUT2D eigenvalue weighted by atomic mass is 9.73. The number of methoxy groups -OCH3 is 2. The Kier molecular flexibility index (Phi) is 22.5. The van der Waals surface area contributed by atoms with Gasteiger partial charge in [0, 0.05) is 79.8 Å². The maximum Gasteiger partial charge on any atom is 0.407 e. The topological polar surface area (TPSA) is 294 Å². The third kappa shape index (κ3) is 14.8. The molecule has 2 aromatic rings. The van der Waals surface area contributed by atoms with Gasteiger partial charge in [0.2, 0.25) is 12.2 Å². The minimum atomic E-state index is -2.02. The van der Waals surface area contributed by atoms with E-state index in [0.717, 1.165) is 16.0 Å². The minimum Gasteiger partial charge on any atom is -0.477 e. The van der Waals surface area contributed by atoms with Crippen LogP contribution in [0.5, 0.6) is 0 Å². The number of hydrogen-bond donors (Lipinski definition) is 6. The largest absolute Gasteiger partial charge is 0.477 e. The number of carbonyl (C=O) groups excluding carboxylic acids is 2. The Hall–Kier alpha value is -4.02. The second-order valence-corrected chi connectivity index (χ2v) is 24.2. The van der Waals surface area contributed by atoms with Gasteiger partial charge < -0.3 is 87.8 Å². The Morgan fingerprint density at radius 2 is 1.68 bits per heavy atom. The molecule has 23 nitrogen and oxygen atoms in total. The second-order valence-electron chi connectivity index (χ2n) is 23.0. The van der Waals surface area contributed by atoms with Gasteiger partial charge in [0.05, 0.1) is 66.5 Å². The normalized spacial score (nSPS) is 36.9. The highest BCUT2D eigenvalue weighted by Gasteiger charge is 2.54. The molecule has 6 N–H and O–H groups in total. The highest BCUT2D eigenvalue weighted by Crippen LogP contribution is 2.42. The van der Waals surface area contributed by atoms with Crippen molar-refractivity contribution >= 4 is 46.4 Å². The molecule has 0 radical (unpaired) electrons. The number of benzene rings is 1. The van der Waals surface area contributed by atoms with Gasteiger partial charge >= 0.3 is 18.0 Å². The predicted octanol–water partition coefficient (Wildman–Crippen LogP) is 4.31. The van der Waals surface area contributed by atoms with E-state index in [1.165, 1.54) is 39.1 Å². The van der Waals surface area contributed by atoms with Crippen molar-refractivity contribution in [3.8, 4) is 0 Å². The lowest BCUT2D eigenvalue weighted by Crippen LogP contribution is -2.61. The Balaban J connectivity index is 1.18. The number of carboxylic acids is 1. The van der Waals surface area contributed by atoms with Gasteiger partial charge in [-0.2, -0.15) is 0 Å². The minimum absolute atomic E-state index is 0.0176. The lowest BCUT2D eigenvalue weighted by molar-refractivity contribution is -0.317. The molecule has 24 heteroatoms. The van der Waals surface area contributed by atoms with Crippen LogP contribution in [0.3, 0.4) is 0 Å². The van der Waals surface area contributed by atoms with Gasteiger partial charge in [0.15, 0.2) is 18.7 Å². The molecule has 0 aliphatic carbocycles. The van der Waals surface area contributed by atoms with Crippen LogP contribution in [-0.2, 0) is 65.2 Å². The number of likely N-dealkylation sites (N-methyl/N-ethyl adjacent to an activating group) is 1. The van der Waals surface area contributed by atoms with Crippen LogP contribution in [0, 0.1) is 23.7 Å². The molecule has 0 saturated carbocycles. The van der Waals surface area contributed by atoms with Gasteiger partial charge in [-0.3, -0.25) is 9.59 Å². The molecular formula is C56H88N4O19S. The molecule has 80 heavy (non-hydrogen) atoms. The van der Waals surface area contributed by atoms with Crippen molar-refractivity contribution in [1.82, 2.24) is 14.8 Å². The number of esters is 1. The number of alkyl carbamates (subject to hydrolysis) is 1. The molecule has 452 valence electrons. The Morgan fingerprint density at radius 1 is 0.963 bits per heavy atom. The zero-order valence-electron chi connectivity index (χ0n) is 48.9. The number of rotatable bonds is 19. The summed E-state index contributed by atoms with van der Waals surface area (Å²) in [4.78, 5) is 60.9. The number of amides is 1. The van der Waals surface area contributed by atoms with E-state index in [1.54, 1.807) is 61.5 Å². The smallest absolute Gasteiger partial charge is 0.407 e. The molecule has 4 aliphatic rings. The van der Waals surface area contributed by atoms with Crippen LogP contribution in [0.1, 0.15) is 111 Å². The van der Waals surface area contributed by atoms with Crippen LogP contribution in [0.4, 0.5) is 4.79 Å². The lowest BCUT2D eigenvalue weighted by Gasteiger charge is -2.49. The number of carboxylic acid groups (broad SMARTS) is 1. The van der Waals surface area contributed by atoms with Crippen molar-refractivity contribution in [3.05, 3.63) is 39.7 Å². The number of aromatic nitrogens is 1. The molecule has 1 amide bonds. The van der Waals surface area contributed by atoms with Gasteiger partial charge in [-0.25, -0.2) is 9.59 Å². The molecule has 4 aliphatic heterocycles. The van der Waals surface area contributed by atoms with E-state index < -0.39 is 119 Å². The molecule has 1 aromatic heterocycles. The van der Waals surface area contributed by atoms with E-state index in [4.69, 9.17) is 47.5 Å². The number of aromatic carboxylic acids is 1. The molecular weight excluding hydrogens is 1060 g/mol. The first kappa shape index (κ1) is 65.1. The number of aliphatic hydroxyl groups excluding tert-OH is 2. The molecule has 3 saturated heterocycles. The van der Waals surface area contributed by atoms with Crippen LogP contribution in [-0.4, -0.2) is 204 Å². The van der Waals surface area contributed by atoms with Gasteiger partial charge in [0.1, 0.15) is 29.0 Å². The highest BCUT2D eigenvalue weighted by molar-refractivity contribution is 7.99. The maximum absolute atomic E-state index is 14.6. The van der Waals surface area contributed by atoms with Gasteiger partial charge in [-0.05, 0) is 99.0 Å². The first-order valence-electron chi connectivity index (χ1n) is 27.7. The second kappa shape index (κ2) is 27.6. The van der Waals surface area contributed by atoms with Crippen LogP contribution in [0.15, 0.2) is 33.2 Å². The average molecular weight is 1150 g/mol. The van der Waals surface area contributed by atoms with Crippen LogP contribution >= 0.6 is 11.8 Å². The number of cyclic esters (lactones) is 1. The Labute approximate surface area is 473 Å². The predicted molar refractivity (Wildman–Crippen MR) is 294 cm³/mol. The summed E-state index contributed by atoms with van der Waals surface area (Å²) in [7, 11) is 6.59. The van der Waals surface area contributed by atoms with E-state index in [2.05, 4.69) is 10.5 Å². The van der Waals surface area contributed by atoms with Crippen molar-refractivity contribution < 1.29 is 87.4 Å². The van der Waals surface area contributed by atoms with Crippen molar-refractivity contribution in [2.45, 2.75) is 197 Å². The van der Waals surface area contributed by atoms with E-state index in [1.807, 2.05) is 36.6 Å². The average Bonchev–Trinajstić information content (AvgIpc) is 4.02. The zero-order valence-corrected chi connectivity index (χ0v) is 49.7. The number of aliphatic hydroxyl groups is 4. The van der Waals surface area contributed by atoms with Crippen molar-refractivity contribution in [2.75, 3.05) is 60.6 Å². The summed E-state index contributed by atoms with van der Waals surface area (Å²) in [6, 6.07) is 3.37. The summed E-state index contributed by atoms with van der Waals surface area (Å²) in [5, 5.41) is 65.8. The number of pyridine rings is 1. The van der Waals surface area contributed by atoms with Crippen molar-refractivity contribution in [3.63, 3.8) is 0 Å². The van der Waals surface area contributed by atoms with Crippen molar-refractivity contribution in [2.24, 2.45) is 28.8 Å². The van der Waals surface area contributed by atoms with Crippen molar-refractivity contribution in [1.29, 1.82) is 0 Å².